The van der Waals surface area contributed by atoms with Crippen LogP contribution in [-0.2, 0) is 14.8 Å². The number of carbonyl (C=O) groups excluding carboxylic acids is 1. The van der Waals surface area contributed by atoms with Crippen molar-refractivity contribution in [2.75, 3.05) is 20.1 Å². The maximum atomic E-state index is 12.5. The number of amides is 1. The first-order valence-corrected chi connectivity index (χ1v) is 8.58. The lowest BCUT2D eigenvalue weighted by atomic mass is 9.97. The lowest BCUT2D eigenvalue weighted by Crippen LogP contribution is -2.42. The monoisotopic (exact) mass is 333 g/mol. The van der Waals surface area contributed by atoms with Gasteiger partial charge in [0.1, 0.15) is 0 Å². The van der Waals surface area contributed by atoms with E-state index in [2.05, 4.69) is 10.3 Å². The highest BCUT2D eigenvalue weighted by Gasteiger charge is 2.35. The summed E-state index contributed by atoms with van der Waals surface area (Å²) in [5.74, 6) is -1.67. The van der Waals surface area contributed by atoms with Crippen molar-refractivity contribution < 1.29 is 23.1 Å². The molecule has 2 N–H and O–H groups in total. The molecule has 1 aliphatic heterocycles. The van der Waals surface area contributed by atoms with E-state index in [1.165, 1.54) is 9.82 Å². The van der Waals surface area contributed by atoms with E-state index in [4.69, 9.17) is 5.11 Å². The number of carboxylic acid groups (broad SMARTS) is 1. The molecule has 1 amide bonds. The predicted molar refractivity (Wildman–Crippen MR) is 74.6 cm³/mol. The van der Waals surface area contributed by atoms with Crippen molar-refractivity contribution in [2.24, 2.45) is 5.92 Å². The van der Waals surface area contributed by atoms with Crippen molar-refractivity contribution >= 4 is 33.2 Å². The van der Waals surface area contributed by atoms with Crippen LogP contribution in [-0.4, -0.2) is 54.8 Å². The van der Waals surface area contributed by atoms with Crippen LogP contribution in [0.1, 0.15) is 23.3 Å². The fourth-order valence-electron chi connectivity index (χ4n) is 2.24. The van der Waals surface area contributed by atoms with E-state index in [1.807, 2.05) is 0 Å². The minimum atomic E-state index is -3.87. The summed E-state index contributed by atoms with van der Waals surface area (Å²) in [5, 5.41) is 11.5. The normalized spacial score (nSPS) is 17.6. The lowest BCUT2D eigenvalue weighted by Gasteiger charge is -2.29. The molecule has 1 fully saturated rings. The average Bonchev–Trinajstić information content (AvgIpc) is 2.97. The Bertz CT molecular complexity index is 647. The summed E-state index contributed by atoms with van der Waals surface area (Å²) in [6.45, 7) is 0.384. The summed E-state index contributed by atoms with van der Waals surface area (Å²) in [4.78, 5) is 26.1. The van der Waals surface area contributed by atoms with E-state index in [9.17, 15) is 18.0 Å². The molecule has 2 rings (SSSR count). The molecule has 0 saturated carbocycles. The van der Waals surface area contributed by atoms with Crippen LogP contribution in [0, 0.1) is 5.92 Å². The first-order valence-electron chi connectivity index (χ1n) is 6.26. The van der Waals surface area contributed by atoms with Gasteiger partial charge in [-0.3, -0.25) is 4.79 Å². The Morgan fingerprint density at radius 2 is 2.05 bits per heavy atom. The Hall–Kier alpha value is -1.52. The van der Waals surface area contributed by atoms with Crippen LogP contribution < -0.4 is 5.32 Å². The second-order valence-electron chi connectivity index (χ2n) is 4.59. The molecule has 116 valence electrons. The molecule has 0 bridgehead atoms. The number of thiazole rings is 1. The molecule has 0 aromatic carbocycles. The number of nitrogens with zero attached hydrogens (tertiary/aromatic N) is 2. The van der Waals surface area contributed by atoms with E-state index in [-0.39, 0.29) is 29.1 Å². The van der Waals surface area contributed by atoms with E-state index in [0.29, 0.717) is 12.8 Å². The molecule has 0 unspecified atom stereocenters. The van der Waals surface area contributed by atoms with E-state index >= 15 is 0 Å². The highest BCUT2D eigenvalue weighted by molar-refractivity contribution is 7.91. The van der Waals surface area contributed by atoms with Gasteiger partial charge >= 0.3 is 5.97 Å². The van der Waals surface area contributed by atoms with Gasteiger partial charge < -0.3 is 10.4 Å². The molecule has 8 nitrogen and oxygen atoms in total. The van der Waals surface area contributed by atoms with E-state index in [0.717, 1.165) is 11.3 Å². The van der Waals surface area contributed by atoms with Crippen molar-refractivity contribution in [1.29, 1.82) is 0 Å². The summed E-state index contributed by atoms with van der Waals surface area (Å²) >= 11 is 0.789. The zero-order valence-corrected chi connectivity index (χ0v) is 12.9. The van der Waals surface area contributed by atoms with Crippen LogP contribution in [0.2, 0.25) is 0 Å². The van der Waals surface area contributed by atoms with Crippen LogP contribution in [0.4, 0.5) is 0 Å². The minimum absolute atomic E-state index is 0.101. The molecule has 1 aliphatic rings. The molecule has 10 heteroatoms. The maximum Gasteiger partial charge on any atom is 0.356 e. The number of aromatic carboxylic acids is 1. The molecule has 21 heavy (non-hydrogen) atoms. The van der Waals surface area contributed by atoms with Crippen molar-refractivity contribution in [1.82, 2.24) is 14.6 Å². The molecule has 0 spiro atoms. The van der Waals surface area contributed by atoms with Gasteiger partial charge in [0.05, 0.1) is 5.51 Å². The summed E-state index contributed by atoms with van der Waals surface area (Å²) in [5.41, 5.74) is 0.751. The van der Waals surface area contributed by atoms with Crippen molar-refractivity contribution in [2.45, 2.75) is 17.1 Å². The van der Waals surface area contributed by atoms with Gasteiger partial charge in [-0.05, 0) is 12.8 Å². The number of hydrogen-bond acceptors (Lipinski definition) is 6. The van der Waals surface area contributed by atoms with Crippen molar-refractivity contribution in [3.63, 3.8) is 0 Å². The van der Waals surface area contributed by atoms with Gasteiger partial charge in [-0.1, -0.05) is 0 Å². The van der Waals surface area contributed by atoms with Crippen molar-refractivity contribution in [3.05, 3.63) is 11.2 Å². The zero-order chi connectivity index (χ0) is 15.6. The van der Waals surface area contributed by atoms with Gasteiger partial charge in [-0.25, -0.2) is 18.2 Å². The summed E-state index contributed by atoms with van der Waals surface area (Å²) in [6, 6.07) is 0. The molecule has 1 aromatic heterocycles. The van der Waals surface area contributed by atoms with Gasteiger partial charge in [0.15, 0.2) is 9.90 Å². The number of rotatable bonds is 4. The third-order valence-electron chi connectivity index (χ3n) is 3.38. The smallest absolute Gasteiger partial charge is 0.356 e. The SMILES string of the molecule is CNC(=O)C1CCN(S(=O)(=O)c2scnc2C(=O)O)CC1. The minimum Gasteiger partial charge on any atom is -0.476 e. The second-order valence-corrected chi connectivity index (χ2v) is 7.57. The lowest BCUT2D eigenvalue weighted by molar-refractivity contribution is -0.125. The summed E-state index contributed by atoms with van der Waals surface area (Å²) < 4.78 is 25.9. The van der Waals surface area contributed by atoms with Gasteiger partial charge in [0.25, 0.3) is 10.0 Å². The highest BCUT2D eigenvalue weighted by Crippen LogP contribution is 2.28. The Kier molecular flexibility index (Phi) is 4.59. The van der Waals surface area contributed by atoms with Crippen LogP contribution >= 0.6 is 11.3 Å². The Morgan fingerprint density at radius 1 is 1.43 bits per heavy atom. The van der Waals surface area contributed by atoms with Gasteiger partial charge in [0, 0.05) is 26.1 Å². The predicted octanol–water partition coefficient (Wildman–Crippen LogP) is -0.0120. The van der Waals surface area contributed by atoms with Crippen LogP contribution in [0.25, 0.3) is 0 Å². The first-order chi connectivity index (χ1) is 9.87. The number of hydrogen-bond donors (Lipinski definition) is 2. The molecular weight excluding hydrogens is 318 g/mol. The number of sulfonamides is 1. The maximum absolute atomic E-state index is 12.5. The average molecular weight is 333 g/mol. The van der Waals surface area contributed by atoms with Crippen LogP contribution in [0.3, 0.4) is 0 Å². The molecule has 2 heterocycles. The first kappa shape index (κ1) is 15.9. The molecule has 1 saturated heterocycles. The molecule has 0 radical (unpaired) electrons. The Balaban J connectivity index is 2.17. The van der Waals surface area contributed by atoms with Crippen LogP contribution in [0.5, 0.6) is 0 Å². The van der Waals surface area contributed by atoms with E-state index in [1.54, 1.807) is 7.05 Å². The quantitative estimate of drug-likeness (QED) is 0.800. The third-order valence-corrected chi connectivity index (χ3v) is 6.63. The second kappa shape index (κ2) is 6.08. The molecule has 0 atom stereocenters. The van der Waals surface area contributed by atoms with Gasteiger partial charge in [0.2, 0.25) is 5.91 Å². The summed E-state index contributed by atoms with van der Waals surface area (Å²) in [6.07, 6.45) is 0.834. The number of carbonyl (C=O) groups is 2. The fourth-order valence-corrected chi connectivity index (χ4v) is 4.99. The molecule has 1 aromatic rings. The van der Waals surface area contributed by atoms with Gasteiger partial charge in [-0.15, -0.1) is 11.3 Å². The third kappa shape index (κ3) is 3.06. The summed E-state index contributed by atoms with van der Waals surface area (Å²) in [7, 11) is -2.33. The van der Waals surface area contributed by atoms with E-state index < -0.39 is 21.7 Å². The number of carboxylic acids is 1. The fraction of sp³-hybridized carbons (Fsp3) is 0.545. The number of aromatic nitrogens is 1. The Labute approximate surface area is 125 Å². The standard InChI is InChI=1S/C11H15N3O5S2/c1-12-9(15)7-2-4-14(5-3-7)21(18,19)11-8(10(16)17)13-6-20-11/h6-7H,2-5H2,1H3,(H,12,15)(H,16,17). The largest absolute Gasteiger partial charge is 0.476 e. The van der Waals surface area contributed by atoms with Gasteiger partial charge in [-0.2, -0.15) is 4.31 Å². The number of piperidine rings is 1. The molecule has 0 aliphatic carbocycles. The Morgan fingerprint density at radius 3 is 2.57 bits per heavy atom. The van der Waals surface area contributed by atoms with Crippen LogP contribution in [0.15, 0.2) is 9.72 Å². The topological polar surface area (TPSA) is 117 Å². The zero-order valence-electron chi connectivity index (χ0n) is 11.3. The molecular formula is C11H15N3O5S2. The number of nitrogens with one attached hydrogen (secondary N) is 1. The van der Waals surface area contributed by atoms with Crippen molar-refractivity contribution in [3.8, 4) is 0 Å². The highest BCUT2D eigenvalue weighted by atomic mass is 32.2.